The van der Waals surface area contributed by atoms with Gasteiger partial charge in [0, 0.05) is 7.05 Å². The van der Waals surface area contributed by atoms with Crippen molar-refractivity contribution >= 4 is 11.5 Å². The van der Waals surface area contributed by atoms with Crippen LogP contribution in [-0.2, 0) is 7.05 Å². The van der Waals surface area contributed by atoms with E-state index in [9.17, 15) is 5.11 Å². The molecule has 1 unspecified atom stereocenters. The molecular weight excluding hydrogens is 226 g/mol. The summed E-state index contributed by atoms with van der Waals surface area (Å²) in [5.74, 6) is 0.240. The van der Waals surface area contributed by atoms with E-state index in [0.717, 1.165) is 10.6 Å². The van der Waals surface area contributed by atoms with E-state index < -0.39 is 6.10 Å². The number of nitrogens with zero attached hydrogens (tertiary/aromatic N) is 5. The van der Waals surface area contributed by atoms with Gasteiger partial charge in [0.15, 0.2) is 0 Å². The second-order valence-electron chi connectivity index (χ2n) is 3.86. The fourth-order valence-electron chi connectivity index (χ4n) is 1.47. The fourth-order valence-corrected chi connectivity index (χ4v) is 2.28. The van der Waals surface area contributed by atoms with Gasteiger partial charge in [0.2, 0.25) is 0 Å². The molecule has 0 fully saturated rings. The van der Waals surface area contributed by atoms with Crippen molar-refractivity contribution in [3.8, 4) is 0 Å². The molecular formula is C9H13N5OS. The molecule has 0 aliphatic rings. The molecule has 2 aromatic rings. The van der Waals surface area contributed by atoms with E-state index in [-0.39, 0.29) is 5.92 Å². The lowest BCUT2D eigenvalue weighted by atomic mass is 10.1. The molecule has 0 saturated heterocycles. The van der Waals surface area contributed by atoms with Gasteiger partial charge >= 0.3 is 0 Å². The lowest BCUT2D eigenvalue weighted by molar-refractivity contribution is 0.212. The second kappa shape index (κ2) is 4.26. The maximum absolute atomic E-state index is 10.2. The first-order chi connectivity index (χ1) is 7.61. The average molecular weight is 239 g/mol. The third-order valence-electron chi connectivity index (χ3n) is 2.37. The van der Waals surface area contributed by atoms with E-state index in [1.807, 2.05) is 13.8 Å². The molecule has 2 aromatic heterocycles. The van der Waals surface area contributed by atoms with Crippen molar-refractivity contribution in [2.24, 2.45) is 7.05 Å². The topological polar surface area (TPSA) is 76.7 Å². The first-order valence-electron chi connectivity index (χ1n) is 4.96. The van der Waals surface area contributed by atoms with Crippen LogP contribution in [0.2, 0.25) is 0 Å². The zero-order valence-electron chi connectivity index (χ0n) is 9.32. The van der Waals surface area contributed by atoms with Crippen molar-refractivity contribution in [2.75, 3.05) is 0 Å². The molecule has 1 atom stereocenters. The zero-order chi connectivity index (χ0) is 11.7. The highest BCUT2D eigenvalue weighted by atomic mass is 32.1. The van der Waals surface area contributed by atoms with E-state index in [1.54, 1.807) is 17.9 Å². The number of hydrogen-bond donors (Lipinski definition) is 1. The van der Waals surface area contributed by atoms with Gasteiger partial charge in [-0.1, -0.05) is 23.5 Å². The fraction of sp³-hybridized carbons (Fsp3) is 0.556. The van der Waals surface area contributed by atoms with E-state index in [1.165, 1.54) is 11.5 Å². The Hall–Kier alpha value is -1.34. The number of aliphatic hydroxyl groups excluding tert-OH is 1. The number of aromatic nitrogens is 5. The largest absolute Gasteiger partial charge is 0.381 e. The molecule has 7 heteroatoms. The Labute approximate surface area is 97.1 Å². The van der Waals surface area contributed by atoms with Crippen LogP contribution >= 0.6 is 11.5 Å². The standard InChI is InChI=1S/C9H13N5OS/c1-5(2)7-9(16-13-11-7)8(15)6-4-10-12-14(6)3/h4-5,8,15H,1-3H3. The van der Waals surface area contributed by atoms with Crippen LogP contribution in [0.1, 0.15) is 42.1 Å². The summed E-state index contributed by atoms with van der Waals surface area (Å²) in [6, 6.07) is 0. The van der Waals surface area contributed by atoms with Crippen LogP contribution in [0.15, 0.2) is 6.20 Å². The predicted molar refractivity (Wildman–Crippen MR) is 59.1 cm³/mol. The number of hydrogen-bond acceptors (Lipinski definition) is 6. The monoisotopic (exact) mass is 239 g/mol. The normalized spacial score (nSPS) is 13.3. The summed E-state index contributed by atoms with van der Waals surface area (Å²) >= 11 is 1.21. The highest BCUT2D eigenvalue weighted by Gasteiger charge is 2.23. The van der Waals surface area contributed by atoms with Gasteiger partial charge in [-0.2, -0.15) is 0 Å². The van der Waals surface area contributed by atoms with Crippen molar-refractivity contribution in [1.29, 1.82) is 0 Å². The Morgan fingerprint density at radius 3 is 2.75 bits per heavy atom. The van der Waals surface area contributed by atoms with Gasteiger partial charge in [0.1, 0.15) is 6.10 Å². The molecule has 0 aliphatic carbocycles. The second-order valence-corrected chi connectivity index (χ2v) is 4.65. The van der Waals surface area contributed by atoms with Crippen LogP contribution in [0, 0.1) is 0 Å². The highest BCUT2D eigenvalue weighted by molar-refractivity contribution is 7.05. The molecule has 0 aliphatic heterocycles. The summed E-state index contributed by atoms with van der Waals surface area (Å²) in [6.07, 6.45) is 0.798. The number of rotatable bonds is 3. The van der Waals surface area contributed by atoms with E-state index >= 15 is 0 Å². The van der Waals surface area contributed by atoms with Gasteiger partial charge in [0.05, 0.1) is 22.5 Å². The van der Waals surface area contributed by atoms with Crippen molar-refractivity contribution in [2.45, 2.75) is 25.9 Å². The summed E-state index contributed by atoms with van der Waals surface area (Å²) in [4.78, 5) is 0.764. The molecule has 16 heavy (non-hydrogen) atoms. The first kappa shape index (κ1) is 11.2. The minimum atomic E-state index is -0.752. The van der Waals surface area contributed by atoms with Crippen molar-refractivity contribution in [3.05, 3.63) is 22.5 Å². The third-order valence-corrected chi connectivity index (χ3v) is 3.16. The molecule has 2 heterocycles. The molecule has 0 radical (unpaired) electrons. The third kappa shape index (κ3) is 1.83. The highest BCUT2D eigenvalue weighted by Crippen LogP contribution is 2.29. The van der Waals surface area contributed by atoms with Crippen LogP contribution in [0.4, 0.5) is 0 Å². The molecule has 0 bridgehead atoms. The summed E-state index contributed by atoms with van der Waals surface area (Å²) in [6.45, 7) is 4.04. The lowest BCUT2D eigenvalue weighted by Crippen LogP contribution is -2.07. The van der Waals surface area contributed by atoms with Gasteiger partial charge in [0.25, 0.3) is 0 Å². The summed E-state index contributed by atoms with van der Waals surface area (Å²) in [5, 5.41) is 21.8. The van der Waals surface area contributed by atoms with Gasteiger partial charge in [-0.15, -0.1) is 10.2 Å². The maximum Gasteiger partial charge on any atom is 0.135 e. The van der Waals surface area contributed by atoms with Crippen molar-refractivity contribution in [3.63, 3.8) is 0 Å². The van der Waals surface area contributed by atoms with Crippen LogP contribution < -0.4 is 0 Å². The molecule has 2 rings (SSSR count). The summed E-state index contributed by atoms with van der Waals surface area (Å²) in [7, 11) is 1.75. The predicted octanol–water partition coefficient (Wildman–Crippen LogP) is 0.872. The first-order valence-corrected chi connectivity index (χ1v) is 5.73. The Morgan fingerprint density at radius 2 is 2.19 bits per heavy atom. The average Bonchev–Trinajstić information content (AvgIpc) is 2.84. The Balaban J connectivity index is 2.38. The SMILES string of the molecule is CC(C)c1nnsc1C(O)c1cnnn1C. The Kier molecular flexibility index (Phi) is 2.97. The Bertz CT molecular complexity index is 478. The maximum atomic E-state index is 10.2. The lowest BCUT2D eigenvalue weighted by Gasteiger charge is -2.10. The molecule has 0 spiro atoms. The molecule has 6 nitrogen and oxygen atoms in total. The van der Waals surface area contributed by atoms with Crippen molar-refractivity contribution < 1.29 is 5.11 Å². The molecule has 0 saturated carbocycles. The quantitative estimate of drug-likeness (QED) is 0.860. The van der Waals surface area contributed by atoms with E-state index in [4.69, 9.17) is 0 Å². The molecule has 0 aromatic carbocycles. The molecule has 1 N–H and O–H groups in total. The minimum Gasteiger partial charge on any atom is -0.381 e. The van der Waals surface area contributed by atoms with Crippen LogP contribution in [0.3, 0.4) is 0 Å². The van der Waals surface area contributed by atoms with Crippen LogP contribution in [0.25, 0.3) is 0 Å². The van der Waals surface area contributed by atoms with Gasteiger partial charge in [-0.25, -0.2) is 4.68 Å². The summed E-state index contributed by atoms with van der Waals surface area (Å²) in [5.41, 5.74) is 1.48. The van der Waals surface area contributed by atoms with Crippen LogP contribution in [-0.4, -0.2) is 29.7 Å². The van der Waals surface area contributed by atoms with Gasteiger partial charge < -0.3 is 5.11 Å². The molecule has 86 valence electrons. The number of aliphatic hydroxyl groups is 1. The number of aryl methyl sites for hydroxylation is 1. The zero-order valence-corrected chi connectivity index (χ0v) is 10.1. The van der Waals surface area contributed by atoms with Gasteiger partial charge in [-0.05, 0) is 17.5 Å². The minimum absolute atomic E-state index is 0.240. The Morgan fingerprint density at radius 1 is 1.44 bits per heavy atom. The van der Waals surface area contributed by atoms with E-state index in [2.05, 4.69) is 19.9 Å². The molecule has 0 amide bonds. The van der Waals surface area contributed by atoms with Crippen molar-refractivity contribution in [1.82, 2.24) is 24.6 Å². The van der Waals surface area contributed by atoms with Gasteiger partial charge in [-0.3, -0.25) is 0 Å². The van der Waals surface area contributed by atoms with Crippen LogP contribution in [0.5, 0.6) is 0 Å². The van der Waals surface area contributed by atoms with E-state index in [0.29, 0.717) is 5.69 Å². The summed E-state index contributed by atoms with van der Waals surface area (Å²) < 4.78 is 5.44. The smallest absolute Gasteiger partial charge is 0.135 e.